The summed E-state index contributed by atoms with van der Waals surface area (Å²) in [6, 6.07) is 5.65. The van der Waals surface area contributed by atoms with Crippen LogP contribution in [0.1, 0.15) is 60.3 Å². The van der Waals surface area contributed by atoms with Gasteiger partial charge in [-0.15, -0.1) is 10.2 Å². The predicted molar refractivity (Wildman–Crippen MR) is 98.4 cm³/mol. The molecular formula is C20H27N3O3. The fraction of sp³-hybridized carbons (Fsp3) is 0.550. The Labute approximate surface area is 154 Å². The molecule has 6 heteroatoms. The first-order valence-corrected chi connectivity index (χ1v) is 9.21. The number of carbonyl (C=O) groups is 1. The van der Waals surface area contributed by atoms with Crippen molar-refractivity contribution in [2.24, 2.45) is 5.92 Å². The van der Waals surface area contributed by atoms with E-state index in [1.54, 1.807) is 7.11 Å². The number of methoxy groups -OCH3 is 1. The summed E-state index contributed by atoms with van der Waals surface area (Å²) >= 11 is 0. The van der Waals surface area contributed by atoms with Gasteiger partial charge in [0, 0.05) is 23.9 Å². The van der Waals surface area contributed by atoms with Crippen LogP contribution in [0.3, 0.4) is 0 Å². The molecule has 1 fully saturated rings. The Bertz CT molecular complexity index is 769. The van der Waals surface area contributed by atoms with Gasteiger partial charge in [-0.25, -0.2) is 0 Å². The number of rotatable bonds is 6. The molecule has 26 heavy (non-hydrogen) atoms. The minimum Gasteiger partial charge on any atom is -0.497 e. The third kappa shape index (κ3) is 4.12. The van der Waals surface area contributed by atoms with Gasteiger partial charge in [0.05, 0.1) is 13.7 Å². The second kappa shape index (κ2) is 7.99. The van der Waals surface area contributed by atoms with Crippen molar-refractivity contribution in [1.82, 2.24) is 15.1 Å². The number of hydrogen-bond donors (Lipinski definition) is 0. The molecule has 140 valence electrons. The van der Waals surface area contributed by atoms with E-state index in [9.17, 15) is 4.79 Å². The Balaban J connectivity index is 1.66. The van der Waals surface area contributed by atoms with Crippen LogP contribution < -0.4 is 4.74 Å². The first kappa shape index (κ1) is 18.6. The molecule has 0 amide bonds. The molecule has 0 radical (unpaired) electrons. The SMILES string of the molecule is COc1ccc(C(=O)C2CCCN(Cc3nnc(C(C)C)o3)C2)c(C)c1. The van der Waals surface area contributed by atoms with E-state index in [4.69, 9.17) is 9.15 Å². The molecule has 1 aromatic carbocycles. The molecule has 0 bridgehead atoms. The van der Waals surface area contributed by atoms with Gasteiger partial charge in [-0.3, -0.25) is 9.69 Å². The quantitative estimate of drug-likeness (QED) is 0.736. The van der Waals surface area contributed by atoms with Crippen molar-refractivity contribution in [1.29, 1.82) is 0 Å². The van der Waals surface area contributed by atoms with Crippen LogP contribution in [0.15, 0.2) is 22.6 Å². The van der Waals surface area contributed by atoms with Gasteiger partial charge in [0.1, 0.15) is 5.75 Å². The van der Waals surface area contributed by atoms with Crippen molar-refractivity contribution < 1.29 is 13.9 Å². The average Bonchev–Trinajstić information content (AvgIpc) is 3.10. The number of Topliss-reactive ketones (excluding diaryl/α,β-unsaturated/α-hetero) is 1. The third-order valence-electron chi connectivity index (χ3n) is 4.91. The first-order chi connectivity index (χ1) is 12.5. The van der Waals surface area contributed by atoms with E-state index in [1.165, 1.54) is 0 Å². The van der Waals surface area contributed by atoms with Gasteiger partial charge in [-0.2, -0.15) is 0 Å². The van der Waals surface area contributed by atoms with Crippen molar-refractivity contribution in [2.45, 2.75) is 46.1 Å². The number of ether oxygens (including phenoxy) is 1. The summed E-state index contributed by atoms with van der Waals surface area (Å²) in [4.78, 5) is 15.2. The number of carbonyl (C=O) groups excluding carboxylic acids is 1. The zero-order valence-electron chi connectivity index (χ0n) is 16.0. The molecule has 1 aliphatic rings. The van der Waals surface area contributed by atoms with Gasteiger partial charge >= 0.3 is 0 Å². The molecule has 0 saturated carbocycles. The highest BCUT2D eigenvalue weighted by Crippen LogP contribution is 2.25. The number of ketones is 1. The molecule has 2 heterocycles. The number of aryl methyl sites for hydroxylation is 1. The zero-order chi connectivity index (χ0) is 18.7. The van der Waals surface area contributed by atoms with Crippen LogP contribution in [0.2, 0.25) is 0 Å². The minimum atomic E-state index is 0.00309. The molecule has 3 rings (SSSR count). The Kier molecular flexibility index (Phi) is 5.71. The van der Waals surface area contributed by atoms with Gasteiger partial charge < -0.3 is 9.15 Å². The molecule has 6 nitrogen and oxygen atoms in total. The number of nitrogens with zero attached hydrogens (tertiary/aromatic N) is 3. The predicted octanol–water partition coefficient (Wildman–Crippen LogP) is 3.60. The number of hydrogen-bond acceptors (Lipinski definition) is 6. The zero-order valence-corrected chi connectivity index (χ0v) is 16.0. The number of benzene rings is 1. The smallest absolute Gasteiger partial charge is 0.230 e. The van der Waals surface area contributed by atoms with E-state index in [0.29, 0.717) is 18.3 Å². The van der Waals surface area contributed by atoms with Crippen LogP contribution in [-0.4, -0.2) is 41.1 Å². The normalized spacial score (nSPS) is 18.3. The van der Waals surface area contributed by atoms with E-state index in [2.05, 4.69) is 15.1 Å². The minimum absolute atomic E-state index is 0.00309. The second-order valence-corrected chi connectivity index (χ2v) is 7.31. The molecule has 0 aliphatic carbocycles. The standard InChI is InChI=1S/C20H27N3O3/c1-13(2)20-22-21-18(26-20)12-23-9-5-6-15(11-23)19(24)17-8-7-16(25-4)10-14(17)3/h7-8,10,13,15H,5-6,9,11-12H2,1-4H3. The third-order valence-corrected chi connectivity index (χ3v) is 4.91. The maximum Gasteiger partial charge on any atom is 0.230 e. The molecule has 0 spiro atoms. The molecule has 1 atom stereocenters. The lowest BCUT2D eigenvalue weighted by Crippen LogP contribution is -2.38. The Morgan fingerprint density at radius 2 is 2.19 bits per heavy atom. The highest BCUT2D eigenvalue weighted by Gasteiger charge is 2.28. The van der Waals surface area contributed by atoms with Crippen LogP contribution in [0.25, 0.3) is 0 Å². The van der Waals surface area contributed by atoms with E-state index < -0.39 is 0 Å². The summed E-state index contributed by atoms with van der Waals surface area (Å²) in [5.41, 5.74) is 1.75. The lowest BCUT2D eigenvalue weighted by Gasteiger charge is -2.31. The van der Waals surface area contributed by atoms with Gasteiger partial charge in [-0.1, -0.05) is 13.8 Å². The molecule has 1 aromatic heterocycles. The van der Waals surface area contributed by atoms with Crippen molar-refractivity contribution in [2.75, 3.05) is 20.2 Å². The van der Waals surface area contributed by atoms with E-state index in [0.717, 1.165) is 42.8 Å². The van der Waals surface area contributed by atoms with Crippen molar-refractivity contribution >= 4 is 5.78 Å². The second-order valence-electron chi connectivity index (χ2n) is 7.31. The van der Waals surface area contributed by atoms with E-state index in [-0.39, 0.29) is 17.6 Å². The Morgan fingerprint density at radius 3 is 2.85 bits per heavy atom. The lowest BCUT2D eigenvalue weighted by molar-refractivity contribution is 0.0799. The maximum atomic E-state index is 13.0. The number of aromatic nitrogens is 2. The molecule has 1 aliphatic heterocycles. The van der Waals surface area contributed by atoms with E-state index >= 15 is 0 Å². The summed E-state index contributed by atoms with van der Waals surface area (Å²) < 4.78 is 10.9. The monoisotopic (exact) mass is 357 g/mol. The first-order valence-electron chi connectivity index (χ1n) is 9.21. The largest absolute Gasteiger partial charge is 0.497 e. The highest BCUT2D eigenvalue weighted by molar-refractivity contribution is 5.99. The van der Waals surface area contributed by atoms with Crippen LogP contribution in [-0.2, 0) is 6.54 Å². The molecule has 1 saturated heterocycles. The van der Waals surface area contributed by atoms with Crippen molar-refractivity contribution in [3.05, 3.63) is 41.1 Å². The van der Waals surface area contributed by atoms with Crippen LogP contribution in [0, 0.1) is 12.8 Å². The summed E-state index contributed by atoms with van der Waals surface area (Å²) in [6.45, 7) is 8.30. The Hall–Kier alpha value is -2.21. The van der Waals surface area contributed by atoms with Gasteiger partial charge in [0.2, 0.25) is 11.8 Å². The number of piperidine rings is 1. The Morgan fingerprint density at radius 1 is 1.38 bits per heavy atom. The summed E-state index contributed by atoms with van der Waals surface area (Å²) in [5, 5.41) is 8.22. The van der Waals surface area contributed by atoms with E-state index in [1.807, 2.05) is 39.0 Å². The van der Waals surface area contributed by atoms with Gasteiger partial charge in [-0.05, 0) is 50.1 Å². The molecule has 0 N–H and O–H groups in total. The van der Waals surface area contributed by atoms with Crippen LogP contribution in [0.4, 0.5) is 0 Å². The molecule has 2 aromatic rings. The lowest BCUT2D eigenvalue weighted by atomic mass is 9.88. The fourth-order valence-corrected chi connectivity index (χ4v) is 3.43. The molecular weight excluding hydrogens is 330 g/mol. The highest BCUT2D eigenvalue weighted by atomic mass is 16.5. The van der Waals surface area contributed by atoms with Crippen molar-refractivity contribution in [3.63, 3.8) is 0 Å². The molecule has 1 unspecified atom stereocenters. The summed E-state index contributed by atoms with van der Waals surface area (Å²) in [7, 11) is 1.64. The van der Waals surface area contributed by atoms with Gasteiger partial charge in [0.25, 0.3) is 0 Å². The maximum absolute atomic E-state index is 13.0. The van der Waals surface area contributed by atoms with Crippen LogP contribution in [0.5, 0.6) is 5.75 Å². The summed E-state index contributed by atoms with van der Waals surface area (Å²) in [5.74, 6) is 2.51. The van der Waals surface area contributed by atoms with Crippen molar-refractivity contribution in [3.8, 4) is 5.75 Å². The summed E-state index contributed by atoms with van der Waals surface area (Å²) in [6.07, 6.45) is 1.92. The average molecular weight is 357 g/mol. The van der Waals surface area contributed by atoms with Crippen LogP contribution >= 0.6 is 0 Å². The number of likely N-dealkylation sites (tertiary alicyclic amines) is 1. The topological polar surface area (TPSA) is 68.5 Å². The fourth-order valence-electron chi connectivity index (χ4n) is 3.43. The van der Waals surface area contributed by atoms with Gasteiger partial charge in [0.15, 0.2) is 5.78 Å².